The topological polar surface area (TPSA) is 128 Å². The van der Waals surface area contributed by atoms with Gasteiger partial charge in [0.05, 0.1) is 12.7 Å². The second-order valence-electron chi connectivity index (χ2n) is 8.42. The number of carbonyl (C=O) groups is 2. The molecule has 4 N–H and O–H groups in total. The largest absolute Gasteiger partial charge is 0.497 e. The quantitative estimate of drug-likeness (QED) is 0.316. The van der Waals surface area contributed by atoms with E-state index in [1.807, 2.05) is 45.0 Å². The Kier molecular flexibility index (Phi) is 6.82. The summed E-state index contributed by atoms with van der Waals surface area (Å²) in [5.74, 6) is -0.145. The van der Waals surface area contributed by atoms with E-state index in [1.54, 1.807) is 23.6 Å². The molecule has 0 fully saturated rings. The molecule has 0 saturated carbocycles. The maximum atomic E-state index is 11.7. The average Bonchev–Trinajstić information content (AvgIpc) is 3.21. The zero-order valence-electron chi connectivity index (χ0n) is 20.6. The van der Waals surface area contributed by atoms with Gasteiger partial charge < -0.3 is 25.6 Å². The zero-order chi connectivity index (χ0) is 26.0. The number of aryl methyl sites for hydroxylation is 3. The maximum Gasteiger partial charge on any atom is 0.337 e. The fraction of sp³-hybridized carbons (Fsp3) is 0.222. The van der Waals surface area contributed by atoms with E-state index in [1.165, 1.54) is 12.3 Å². The molecule has 2 aromatic carbocycles. The van der Waals surface area contributed by atoms with Gasteiger partial charge in [-0.15, -0.1) is 0 Å². The summed E-state index contributed by atoms with van der Waals surface area (Å²) in [6.07, 6.45) is 2.15. The van der Waals surface area contributed by atoms with Gasteiger partial charge in [-0.1, -0.05) is 25.1 Å². The third-order valence-electron chi connectivity index (χ3n) is 5.97. The number of fused-ring (bicyclic) bond motifs is 1. The summed E-state index contributed by atoms with van der Waals surface area (Å²) in [5.41, 5.74) is 11.0. The van der Waals surface area contributed by atoms with Crippen LogP contribution >= 0.6 is 0 Å². The lowest BCUT2D eigenvalue weighted by Gasteiger charge is -2.18. The first-order chi connectivity index (χ1) is 17.2. The van der Waals surface area contributed by atoms with Crippen molar-refractivity contribution in [1.82, 2.24) is 9.38 Å². The van der Waals surface area contributed by atoms with Crippen molar-refractivity contribution in [2.75, 3.05) is 19.0 Å². The lowest BCUT2D eigenvalue weighted by Crippen LogP contribution is -2.20. The van der Waals surface area contributed by atoms with Crippen molar-refractivity contribution in [3.63, 3.8) is 0 Å². The summed E-state index contributed by atoms with van der Waals surface area (Å²) < 4.78 is 13.0. The number of ether oxygens (including phenoxy) is 2. The second-order valence-corrected chi connectivity index (χ2v) is 8.42. The summed E-state index contributed by atoms with van der Waals surface area (Å²) in [6.45, 7) is 5.66. The third kappa shape index (κ3) is 4.68. The molecule has 0 saturated heterocycles. The van der Waals surface area contributed by atoms with Crippen LogP contribution in [0.5, 0.6) is 11.5 Å². The van der Waals surface area contributed by atoms with Gasteiger partial charge in [0, 0.05) is 23.5 Å². The number of primary amides is 1. The fourth-order valence-corrected chi connectivity index (χ4v) is 4.17. The molecule has 9 nitrogen and oxygen atoms in total. The summed E-state index contributed by atoms with van der Waals surface area (Å²) in [6, 6.07) is 12.7. The fourth-order valence-electron chi connectivity index (χ4n) is 4.17. The molecule has 1 amide bonds. The number of carboxylic acids is 1. The number of hydrogen-bond acceptors (Lipinski definition) is 6. The highest BCUT2D eigenvalue weighted by atomic mass is 16.5. The molecule has 0 atom stereocenters. The number of aromatic nitrogens is 2. The smallest absolute Gasteiger partial charge is 0.337 e. The third-order valence-corrected chi connectivity index (χ3v) is 5.97. The van der Waals surface area contributed by atoms with E-state index in [4.69, 9.17) is 20.2 Å². The highest BCUT2D eigenvalue weighted by Gasteiger charge is 2.24. The molecule has 4 rings (SSSR count). The molecule has 9 heteroatoms. The Balaban J connectivity index is 2.04. The van der Waals surface area contributed by atoms with Crippen LogP contribution in [0.25, 0.3) is 16.9 Å². The molecule has 0 aliphatic heterocycles. The lowest BCUT2D eigenvalue weighted by molar-refractivity contribution is -0.119. The van der Waals surface area contributed by atoms with E-state index in [0.29, 0.717) is 40.6 Å². The molecule has 2 heterocycles. The van der Waals surface area contributed by atoms with Gasteiger partial charge in [-0.05, 0) is 55.2 Å². The van der Waals surface area contributed by atoms with E-state index in [0.717, 1.165) is 22.4 Å². The van der Waals surface area contributed by atoms with E-state index in [9.17, 15) is 14.7 Å². The molecular formula is C27H28N4O5. The standard InChI is InChI=1S/C27H28N4O5/c1-5-17-11-19(35-4)12-20(36-14-21(28)32)23(17)25-26(30-24-15(2)7-6-8-16(24)3)31-13-18(27(33)34)9-10-22(31)29-25/h6-13,30H,5,14H2,1-4H3,(H2,28,32)(H,33,34). The molecule has 0 unspecified atom stereocenters. The second kappa shape index (κ2) is 9.99. The van der Waals surface area contributed by atoms with Gasteiger partial charge in [0.15, 0.2) is 6.61 Å². The number of carbonyl (C=O) groups excluding carboxylic acids is 1. The first-order valence-electron chi connectivity index (χ1n) is 11.4. The molecule has 0 aliphatic carbocycles. The van der Waals surface area contributed by atoms with Crippen molar-refractivity contribution < 1.29 is 24.2 Å². The molecule has 0 radical (unpaired) electrons. The van der Waals surface area contributed by atoms with Crippen LogP contribution in [-0.2, 0) is 11.2 Å². The predicted octanol–water partition coefficient (Wildman–Crippen LogP) is 4.50. The zero-order valence-corrected chi connectivity index (χ0v) is 20.6. The van der Waals surface area contributed by atoms with E-state index < -0.39 is 11.9 Å². The van der Waals surface area contributed by atoms with Gasteiger partial charge >= 0.3 is 5.97 Å². The van der Waals surface area contributed by atoms with E-state index in [2.05, 4.69) is 5.32 Å². The van der Waals surface area contributed by atoms with Crippen LogP contribution in [0.3, 0.4) is 0 Å². The number of imidazole rings is 1. The first-order valence-corrected chi connectivity index (χ1v) is 11.4. The van der Waals surface area contributed by atoms with Crippen LogP contribution < -0.4 is 20.5 Å². The normalized spacial score (nSPS) is 10.9. The number of hydrogen-bond donors (Lipinski definition) is 3. The molecule has 0 aliphatic rings. The Morgan fingerprint density at radius 1 is 1.14 bits per heavy atom. The van der Waals surface area contributed by atoms with Crippen molar-refractivity contribution in [3.05, 3.63) is 70.9 Å². The minimum absolute atomic E-state index is 0.117. The van der Waals surface area contributed by atoms with Crippen LogP contribution in [0.4, 0.5) is 11.5 Å². The first kappa shape index (κ1) is 24.6. The van der Waals surface area contributed by atoms with Gasteiger partial charge in [-0.3, -0.25) is 9.20 Å². The Morgan fingerprint density at radius 2 is 1.86 bits per heavy atom. The highest BCUT2D eigenvalue weighted by Crippen LogP contribution is 2.42. The van der Waals surface area contributed by atoms with Crippen LogP contribution in [0.15, 0.2) is 48.7 Å². The van der Waals surface area contributed by atoms with Gasteiger partial charge in [0.2, 0.25) is 0 Å². The van der Waals surface area contributed by atoms with Crippen LogP contribution in [-0.4, -0.2) is 40.1 Å². The van der Waals surface area contributed by atoms with Crippen LogP contribution in [0, 0.1) is 13.8 Å². The predicted molar refractivity (Wildman–Crippen MR) is 137 cm³/mol. The van der Waals surface area contributed by atoms with Crippen molar-refractivity contribution in [2.45, 2.75) is 27.2 Å². The molecule has 0 bridgehead atoms. The Bertz CT molecular complexity index is 1450. The molecule has 186 valence electrons. The Hall–Kier alpha value is -4.53. The number of methoxy groups -OCH3 is 1. The Labute approximate surface area is 208 Å². The van der Waals surface area contributed by atoms with Gasteiger partial charge in [-0.2, -0.15) is 0 Å². The monoisotopic (exact) mass is 488 g/mol. The SMILES string of the molecule is CCc1cc(OC)cc(OCC(N)=O)c1-c1nc2ccc(C(=O)O)cn2c1Nc1c(C)cccc1C. The van der Waals surface area contributed by atoms with Crippen molar-refractivity contribution in [2.24, 2.45) is 5.73 Å². The molecular weight excluding hydrogens is 460 g/mol. The van der Waals surface area contributed by atoms with Gasteiger partial charge in [-0.25, -0.2) is 9.78 Å². The summed E-state index contributed by atoms with van der Waals surface area (Å²) in [7, 11) is 1.55. The highest BCUT2D eigenvalue weighted by molar-refractivity contribution is 5.90. The number of para-hydroxylation sites is 1. The van der Waals surface area contributed by atoms with Gasteiger partial charge in [0.1, 0.15) is 28.7 Å². The van der Waals surface area contributed by atoms with Crippen molar-refractivity contribution >= 4 is 29.0 Å². The van der Waals surface area contributed by atoms with Crippen molar-refractivity contribution in [3.8, 4) is 22.8 Å². The summed E-state index contributed by atoms with van der Waals surface area (Å²) in [5, 5.41) is 13.1. The Morgan fingerprint density at radius 3 is 2.47 bits per heavy atom. The number of anilines is 2. The molecule has 36 heavy (non-hydrogen) atoms. The molecule has 0 spiro atoms. The van der Waals surface area contributed by atoms with Crippen LogP contribution in [0.1, 0.15) is 34.0 Å². The van der Waals surface area contributed by atoms with Crippen molar-refractivity contribution in [1.29, 1.82) is 0 Å². The number of pyridine rings is 1. The maximum absolute atomic E-state index is 11.7. The minimum atomic E-state index is -1.05. The minimum Gasteiger partial charge on any atom is -0.497 e. The number of aromatic carboxylic acids is 1. The summed E-state index contributed by atoms with van der Waals surface area (Å²) in [4.78, 5) is 28.1. The number of benzene rings is 2. The number of carboxylic acid groups (broad SMARTS) is 1. The number of amides is 1. The molecule has 4 aromatic rings. The van der Waals surface area contributed by atoms with Gasteiger partial charge in [0.25, 0.3) is 5.91 Å². The number of nitrogens with two attached hydrogens (primary N) is 1. The lowest BCUT2D eigenvalue weighted by atomic mass is 10.00. The number of rotatable bonds is 9. The number of nitrogens with one attached hydrogen (secondary N) is 1. The average molecular weight is 489 g/mol. The van der Waals surface area contributed by atoms with Crippen LogP contribution in [0.2, 0.25) is 0 Å². The van der Waals surface area contributed by atoms with E-state index >= 15 is 0 Å². The summed E-state index contributed by atoms with van der Waals surface area (Å²) >= 11 is 0. The number of nitrogens with zero attached hydrogens (tertiary/aromatic N) is 2. The van der Waals surface area contributed by atoms with E-state index in [-0.39, 0.29) is 12.2 Å². The molecule has 2 aromatic heterocycles.